The quantitative estimate of drug-likeness (QED) is 0.402. The topological polar surface area (TPSA) is 55.3 Å². The number of alkyl halides is 2. The van der Waals surface area contributed by atoms with Crippen LogP contribution in [-0.2, 0) is 13.0 Å². The van der Waals surface area contributed by atoms with Gasteiger partial charge in [0.15, 0.2) is 12.4 Å². The van der Waals surface area contributed by atoms with Crippen LogP contribution in [0.3, 0.4) is 0 Å². The Bertz CT molecular complexity index is 996. The highest BCUT2D eigenvalue weighted by atomic mass is 32.1. The second-order valence-electron chi connectivity index (χ2n) is 10.1. The van der Waals surface area contributed by atoms with Gasteiger partial charge in [-0.1, -0.05) is 24.2 Å². The molecular formula is C26H35F2N3O2S. The van der Waals surface area contributed by atoms with Crippen molar-refractivity contribution in [3.63, 3.8) is 0 Å². The van der Waals surface area contributed by atoms with Crippen LogP contribution in [0.4, 0.5) is 8.78 Å². The van der Waals surface area contributed by atoms with Crippen LogP contribution in [0.2, 0.25) is 0 Å². The molecule has 2 aliphatic rings. The molecule has 1 aliphatic carbocycles. The smallest absolute Gasteiger partial charge is 0.278 e. The summed E-state index contributed by atoms with van der Waals surface area (Å²) in [5.74, 6) is -1.43. The fourth-order valence-electron chi connectivity index (χ4n) is 5.11. The van der Waals surface area contributed by atoms with Crippen molar-refractivity contribution in [2.45, 2.75) is 78.2 Å². The van der Waals surface area contributed by atoms with Gasteiger partial charge in [0, 0.05) is 48.3 Å². The molecule has 2 aromatic rings. The van der Waals surface area contributed by atoms with Gasteiger partial charge in [0.2, 0.25) is 0 Å². The van der Waals surface area contributed by atoms with Gasteiger partial charge in [0.1, 0.15) is 0 Å². The van der Waals surface area contributed by atoms with Gasteiger partial charge in [-0.3, -0.25) is 14.7 Å². The van der Waals surface area contributed by atoms with Crippen LogP contribution in [0.5, 0.6) is 5.19 Å². The van der Waals surface area contributed by atoms with Crippen molar-refractivity contribution < 1.29 is 18.3 Å². The number of thiazole rings is 1. The molecule has 8 heteroatoms. The normalized spacial score (nSPS) is 21.3. The highest BCUT2D eigenvalue weighted by molar-refractivity contribution is 7.13. The van der Waals surface area contributed by atoms with Crippen molar-refractivity contribution in [3.05, 3.63) is 39.7 Å². The summed E-state index contributed by atoms with van der Waals surface area (Å²) in [5.41, 5.74) is 3.54. The number of carbonyl (C=O) groups excluding carboxylic acids is 1. The SMILES string of the molecule is Cc1ccc(C(=O)CC2CCC(CCN3CCc4sc(OCC(C)(F)F)nc4C3)CC2)c(C)n1. The lowest BCUT2D eigenvalue weighted by Crippen LogP contribution is -2.32. The Balaban J connectivity index is 1.18. The molecule has 186 valence electrons. The van der Waals surface area contributed by atoms with Gasteiger partial charge in [-0.05, 0) is 70.0 Å². The van der Waals surface area contributed by atoms with Gasteiger partial charge in [-0.2, -0.15) is 0 Å². The summed E-state index contributed by atoms with van der Waals surface area (Å²) >= 11 is 1.40. The number of rotatable bonds is 9. The first-order chi connectivity index (χ1) is 16.2. The molecule has 0 N–H and O–H groups in total. The van der Waals surface area contributed by atoms with E-state index in [1.165, 1.54) is 24.2 Å². The lowest BCUT2D eigenvalue weighted by atomic mass is 9.78. The lowest BCUT2D eigenvalue weighted by molar-refractivity contribution is -0.0230. The van der Waals surface area contributed by atoms with E-state index in [1.54, 1.807) is 0 Å². The Labute approximate surface area is 204 Å². The maximum Gasteiger partial charge on any atom is 0.278 e. The van der Waals surface area contributed by atoms with E-state index < -0.39 is 12.5 Å². The number of nitrogens with zero attached hydrogens (tertiary/aromatic N) is 3. The number of carbonyl (C=O) groups is 1. The van der Waals surface area contributed by atoms with Crippen molar-refractivity contribution in [2.24, 2.45) is 11.8 Å². The average Bonchev–Trinajstić information content (AvgIpc) is 3.19. The Kier molecular flexibility index (Phi) is 7.97. The van der Waals surface area contributed by atoms with E-state index in [9.17, 15) is 13.6 Å². The van der Waals surface area contributed by atoms with Gasteiger partial charge < -0.3 is 4.74 Å². The maximum atomic E-state index is 13.0. The molecule has 0 saturated heterocycles. The monoisotopic (exact) mass is 491 g/mol. The summed E-state index contributed by atoms with van der Waals surface area (Å²) in [5, 5.41) is 0.359. The zero-order chi connectivity index (χ0) is 24.3. The molecule has 0 spiro atoms. The average molecular weight is 492 g/mol. The van der Waals surface area contributed by atoms with Crippen molar-refractivity contribution >= 4 is 17.1 Å². The van der Waals surface area contributed by atoms with Gasteiger partial charge in [-0.15, -0.1) is 0 Å². The minimum Gasteiger partial charge on any atom is -0.464 e. The molecule has 3 heterocycles. The first-order valence-electron chi connectivity index (χ1n) is 12.4. The van der Waals surface area contributed by atoms with Crippen LogP contribution in [0.15, 0.2) is 12.1 Å². The number of halogens is 2. The second-order valence-corrected chi connectivity index (χ2v) is 11.2. The molecule has 1 fully saturated rings. The zero-order valence-electron chi connectivity index (χ0n) is 20.4. The molecule has 0 atom stereocenters. The number of Topliss-reactive ketones (excluding diaryl/α,β-unsaturated/α-hetero) is 1. The first-order valence-corrected chi connectivity index (χ1v) is 13.2. The minimum atomic E-state index is -2.85. The van der Waals surface area contributed by atoms with Gasteiger partial charge in [0.25, 0.3) is 11.1 Å². The third-order valence-corrected chi connectivity index (χ3v) is 8.13. The number of ketones is 1. The predicted octanol–water partition coefficient (Wildman–Crippen LogP) is 6.02. The number of pyridine rings is 1. The largest absolute Gasteiger partial charge is 0.464 e. The maximum absolute atomic E-state index is 13.0. The summed E-state index contributed by atoms with van der Waals surface area (Å²) in [7, 11) is 0. The number of ether oxygens (including phenoxy) is 1. The first kappa shape index (κ1) is 25.2. The number of aryl methyl sites for hydroxylation is 2. The van der Waals surface area contributed by atoms with Crippen molar-refractivity contribution in [2.75, 3.05) is 19.7 Å². The summed E-state index contributed by atoms with van der Waals surface area (Å²) in [6, 6.07) is 3.84. The summed E-state index contributed by atoms with van der Waals surface area (Å²) in [4.78, 5) is 25.2. The molecule has 5 nitrogen and oxygen atoms in total. The molecule has 4 rings (SSSR count). The van der Waals surface area contributed by atoms with E-state index >= 15 is 0 Å². The molecule has 1 saturated carbocycles. The third kappa shape index (κ3) is 6.81. The zero-order valence-corrected chi connectivity index (χ0v) is 21.2. The van der Waals surface area contributed by atoms with Crippen LogP contribution >= 0.6 is 11.3 Å². The van der Waals surface area contributed by atoms with Crippen LogP contribution in [0.1, 0.15) is 77.8 Å². The standard InChI is InChI=1S/C26H35F2N3O2S/c1-17-4-9-21(18(2)29-17)23(32)14-20-7-5-19(6-8-20)10-12-31-13-11-24-22(15-31)30-25(34-24)33-16-26(3,27)28/h4,9,19-20H,5-8,10-16H2,1-3H3. The van der Waals surface area contributed by atoms with E-state index in [0.29, 0.717) is 23.5 Å². The van der Waals surface area contributed by atoms with Gasteiger partial charge in [0.05, 0.1) is 5.69 Å². The fraction of sp³-hybridized carbons (Fsp3) is 0.654. The minimum absolute atomic E-state index is 0.229. The Hall–Kier alpha value is -1.93. The van der Waals surface area contributed by atoms with Crippen molar-refractivity contribution in [1.29, 1.82) is 0 Å². The number of hydrogen-bond donors (Lipinski definition) is 0. The van der Waals surface area contributed by atoms with Crippen LogP contribution < -0.4 is 4.74 Å². The molecule has 0 unspecified atom stereocenters. The van der Waals surface area contributed by atoms with E-state index in [1.807, 2.05) is 26.0 Å². The highest BCUT2D eigenvalue weighted by Gasteiger charge is 2.27. The number of aromatic nitrogens is 2. The van der Waals surface area contributed by atoms with Crippen molar-refractivity contribution in [3.8, 4) is 5.19 Å². The van der Waals surface area contributed by atoms with Crippen LogP contribution in [0, 0.1) is 25.7 Å². The molecule has 0 radical (unpaired) electrons. The van der Waals surface area contributed by atoms with Gasteiger partial charge in [-0.25, -0.2) is 13.8 Å². The fourth-order valence-corrected chi connectivity index (χ4v) is 6.02. The molecular weight excluding hydrogens is 456 g/mol. The lowest BCUT2D eigenvalue weighted by Gasteiger charge is -2.31. The summed E-state index contributed by atoms with van der Waals surface area (Å²) in [6.07, 6.45) is 7.30. The van der Waals surface area contributed by atoms with E-state index in [-0.39, 0.29) is 5.78 Å². The Morgan fingerprint density at radius 2 is 1.91 bits per heavy atom. The van der Waals surface area contributed by atoms with E-state index in [0.717, 1.165) is 79.8 Å². The summed E-state index contributed by atoms with van der Waals surface area (Å²) < 4.78 is 31.3. The third-order valence-electron chi connectivity index (χ3n) is 7.06. The number of fused-ring (bicyclic) bond motifs is 1. The molecule has 2 aromatic heterocycles. The Morgan fingerprint density at radius 3 is 2.62 bits per heavy atom. The second kappa shape index (κ2) is 10.8. The molecule has 34 heavy (non-hydrogen) atoms. The predicted molar refractivity (Wildman–Crippen MR) is 130 cm³/mol. The van der Waals surface area contributed by atoms with Crippen LogP contribution in [-0.4, -0.2) is 46.3 Å². The molecule has 1 aliphatic heterocycles. The van der Waals surface area contributed by atoms with Crippen molar-refractivity contribution in [1.82, 2.24) is 14.9 Å². The van der Waals surface area contributed by atoms with Gasteiger partial charge >= 0.3 is 0 Å². The highest BCUT2D eigenvalue weighted by Crippen LogP contribution is 2.35. The van der Waals surface area contributed by atoms with Crippen LogP contribution in [0.25, 0.3) is 0 Å². The molecule has 0 aromatic carbocycles. The Morgan fingerprint density at radius 1 is 1.18 bits per heavy atom. The molecule has 0 bridgehead atoms. The number of hydrogen-bond acceptors (Lipinski definition) is 6. The van der Waals surface area contributed by atoms with E-state index in [2.05, 4.69) is 14.9 Å². The summed E-state index contributed by atoms with van der Waals surface area (Å²) in [6.45, 7) is 6.88. The molecule has 0 amide bonds. The van der Waals surface area contributed by atoms with E-state index in [4.69, 9.17) is 4.74 Å².